The van der Waals surface area contributed by atoms with Crippen LogP contribution in [0, 0.1) is 0 Å². The molecule has 2 rings (SSSR count). The van der Waals surface area contributed by atoms with Gasteiger partial charge in [-0.25, -0.2) is 0 Å². The molecule has 2 N–H and O–H groups in total. The third-order valence-electron chi connectivity index (χ3n) is 1.77. The fraction of sp³-hybridized carbons (Fsp3) is 0.111. The van der Waals surface area contributed by atoms with Crippen molar-refractivity contribution in [2.75, 3.05) is 12.4 Å². The van der Waals surface area contributed by atoms with E-state index in [9.17, 15) is 0 Å². The molecule has 0 fully saturated rings. The number of nitrogens with zero attached hydrogens (tertiary/aromatic N) is 2. The molecular formula is C9H10N4. The van der Waals surface area contributed by atoms with Gasteiger partial charge in [0.05, 0.1) is 11.4 Å². The van der Waals surface area contributed by atoms with E-state index < -0.39 is 0 Å². The molecule has 2 aromatic rings. The number of rotatable bonds is 2. The Balaban J connectivity index is 2.36. The molecule has 4 nitrogen and oxygen atoms in total. The third kappa shape index (κ3) is 1.51. The highest BCUT2D eigenvalue weighted by atomic mass is 15.2. The van der Waals surface area contributed by atoms with Crippen molar-refractivity contribution < 1.29 is 0 Å². The molecular weight excluding hydrogens is 164 g/mol. The van der Waals surface area contributed by atoms with Gasteiger partial charge < -0.3 is 5.32 Å². The minimum absolute atomic E-state index is 0.820. The number of aromatic amines is 1. The number of aromatic nitrogens is 3. The van der Waals surface area contributed by atoms with Gasteiger partial charge >= 0.3 is 0 Å². The van der Waals surface area contributed by atoms with Crippen LogP contribution in [-0.2, 0) is 0 Å². The van der Waals surface area contributed by atoms with Gasteiger partial charge in [0.25, 0.3) is 0 Å². The third-order valence-corrected chi connectivity index (χ3v) is 1.77. The monoisotopic (exact) mass is 174 g/mol. The lowest BCUT2D eigenvalue weighted by molar-refractivity contribution is 1.08. The number of pyridine rings is 1. The second-order valence-corrected chi connectivity index (χ2v) is 2.63. The van der Waals surface area contributed by atoms with Crippen molar-refractivity contribution in [1.82, 2.24) is 15.2 Å². The van der Waals surface area contributed by atoms with Crippen LogP contribution >= 0.6 is 0 Å². The van der Waals surface area contributed by atoms with E-state index in [4.69, 9.17) is 0 Å². The van der Waals surface area contributed by atoms with Gasteiger partial charge in [0.15, 0.2) is 0 Å². The first-order chi connectivity index (χ1) is 6.40. The van der Waals surface area contributed by atoms with E-state index >= 15 is 0 Å². The zero-order chi connectivity index (χ0) is 9.10. The standard InChI is InChI=1S/C9H10N4/c1-10-9-6-8(12-13-9)7-4-2-3-5-11-7/h2-6H,1H3,(H2,10,12,13). The van der Waals surface area contributed by atoms with E-state index in [-0.39, 0.29) is 0 Å². The van der Waals surface area contributed by atoms with Crippen molar-refractivity contribution in [3.63, 3.8) is 0 Å². The lowest BCUT2D eigenvalue weighted by Gasteiger charge is -1.92. The number of nitrogens with one attached hydrogen (secondary N) is 2. The fourth-order valence-corrected chi connectivity index (χ4v) is 1.10. The summed E-state index contributed by atoms with van der Waals surface area (Å²) < 4.78 is 0. The summed E-state index contributed by atoms with van der Waals surface area (Å²) in [4.78, 5) is 4.20. The van der Waals surface area contributed by atoms with Crippen molar-refractivity contribution >= 4 is 5.82 Å². The topological polar surface area (TPSA) is 53.6 Å². The second-order valence-electron chi connectivity index (χ2n) is 2.63. The number of hydrogen-bond donors (Lipinski definition) is 2. The lowest BCUT2D eigenvalue weighted by atomic mass is 10.3. The summed E-state index contributed by atoms with van der Waals surface area (Å²) in [6, 6.07) is 7.69. The van der Waals surface area contributed by atoms with Crippen LogP contribution < -0.4 is 5.32 Å². The zero-order valence-electron chi connectivity index (χ0n) is 7.28. The van der Waals surface area contributed by atoms with E-state index in [0.29, 0.717) is 0 Å². The minimum Gasteiger partial charge on any atom is -0.372 e. The summed E-state index contributed by atoms with van der Waals surface area (Å²) >= 11 is 0. The number of hydrogen-bond acceptors (Lipinski definition) is 3. The minimum atomic E-state index is 0.820. The van der Waals surface area contributed by atoms with Crippen LogP contribution in [0.25, 0.3) is 11.4 Å². The molecule has 4 heteroatoms. The van der Waals surface area contributed by atoms with Gasteiger partial charge in [-0.1, -0.05) is 6.07 Å². The molecule has 0 saturated carbocycles. The van der Waals surface area contributed by atoms with Crippen molar-refractivity contribution in [1.29, 1.82) is 0 Å². The fourth-order valence-electron chi connectivity index (χ4n) is 1.10. The molecule has 66 valence electrons. The van der Waals surface area contributed by atoms with E-state index in [1.807, 2.05) is 31.3 Å². The van der Waals surface area contributed by atoms with Crippen molar-refractivity contribution in [3.05, 3.63) is 30.5 Å². The first kappa shape index (κ1) is 7.79. The highest BCUT2D eigenvalue weighted by Crippen LogP contribution is 2.15. The van der Waals surface area contributed by atoms with Crippen LogP contribution in [0.5, 0.6) is 0 Å². The molecule has 0 aliphatic heterocycles. The molecule has 13 heavy (non-hydrogen) atoms. The second kappa shape index (κ2) is 3.26. The van der Waals surface area contributed by atoms with Crippen LogP contribution in [-0.4, -0.2) is 22.2 Å². The maximum absolute atomic E-state index is 4.20. The Hall–Kier alpha value is -1.84. The lowest BCUT2D eigenvalue weighted by Crippen LogP contribution is -1.85. The number of H-pyrrole nitrogens is 1. The molecule has 0 saturated heterocycles. The molecule has 0 bridgehead atoms. The van der Waals surface area contributed by atoms with Crippen LogP contribution in [0.1, 0.15) is 0 Å². The maximum Gasteiger partial charge on any atom is 0.148 e. The van der Waals surface area contributed by atoms with Crippen LogP contribution in [0.3, 0.4) is 0 Å². The SMILES string of the molecule is CNc1cc(-c2ccccn2)[nH]n1. The molecule has 0 aliphatic rings. The highest BCUT2D eigenvalue weighted by molar-refractivity contribution is 5.58. The Morgan fingerprint density at radius 1 is 1.38 bits per heavy atom. The smallest absolute Gasteiger partial charge is 0.148 e. The molecule has 0 atom stereocenters. The van der Waals surface area contributed by atoms with Crippen molar-refractivity contribution in [2.45, 2.75) is 0 Å². The number of anilines is 1. The summed E-state index contributed by atoms with van der Waals surface area (Å²) in [6.45, 7) is 0. The summed E-state index contributed by atoms with van der Waals surface area (Å²) in [5.41, 5.74) is 1.82. The zero-order valence-corrected chi connectivity index (χ0v) is 7.28. The molecule has 0 radical (unpaired) electrons. The largest absolute Gasteiger partial charge is 0.372 e. The van der Waals surface area contributed by atoms with Gasteiger partial charge in [0, 0.05) is 19.3 Å². The molecule has 0 spiro atoms. The molecule has 0 unspecified atom stereocenters. The van der Waals surface area contributed by atoms with E-state index in [1.165, 1.54) is 0 Å². The summed E-state index contributed by atoms with van der Waals surface area (Å²) in [5, 5.41) is 9.88. The molecule has 0 amide bonds. The predicted molar refractivity (Wildman–Crippen MR) is 51.4 cm³/mol. The molecule has 0 aliphatic carbocycles. The van der Waals surface area contributed by atoms with Crippen molar-refractivity contribution in [3.8, 4) is 11.4 Å². The average molecular weight is 174 g/mol. The quantitative estimate of drug-likeness (QED) is 0.725. The van der Waals surface area contributed by atoms with Crippen LogP contribution in [0.4, 0.5) is 5.82 Å². The Labute approximate surface area is 76.0 Å². The molecule has 0 aromatic carbocycles. The summed E-state index contributed by atoms with van der Waals surface area (Å²) in [5.74, 6) is 0.820. The van der Waals surface area contributed by atoms with Crippen LogP contribution in [0.2, 0.25) is 0 Å². The van der Waals surface area contributed by atoms with Gasteiger partial charge in [-0.3, -0.25) is 10.1 Å². The maximum atomic E-state index is 4.20. The first-order valence-electron chi connectivity index (χ1n) is 4.05. The van der Waals surface area contributed by atoms with E-state index in [2.05, 4.69) is 20.5 Å². The Morgan fingerprint density at radius 2 is 2.31 bits per heavy atom. The van der Waals surface area contributed by atoms with Gasteiger partial charge in [0.1, 0.15) is 5.82 Å². The first-order valence-corrected chi connectivity index (χ1v) is 4.05. The summed E-state index contributed by atoms with van der Waals surface area (Å²) in [7, 11) is 1.83. The summed E-state index contributed by atoms with van der Waals surface area (Å²) in [6.07, 6.45) is 1.76. The Bertz CT molecular complexity index is 380. The molecule has 2 heterocycles. The van der Waals surface area contributed by atoms with Gasteiger partial charge in [-0.2, -0.15) is 5.10 Å². The van der Waals surface area contributed by atoms with E-state index in [0.717, 1.165) is 17.2 Å². The normalized spacial score (nSPS) is 9.92. The van der Waals surface area contributed by atoms with Gasteiger partial charge in [-0.15, -0.1) is 0 Å². The highest BCUT2D eigenvalue weighted by Gasteiger charge is 2.01. The van der Waals surface area contributed by atoms with Crippen LogP contribution in [0.15, 0.2) is 30.5 Å². The Morgan fingerprint density at radius 3 is 2.92 bits per heavy atom. The average Bonchev–Trinajstić information content (AvgIpc) is 2.67. The predicted octanol–water partition coefficient (Wildman–Crippen LogP) is 1.51. The Kier molecular flexibility index (Phi) is 1.96. The van der Waals surface area contributed by atoms with E-state index in [1.54, 1.807) is 6.20 Å². The molecule has 2 aromatic heterocycles. The van der Waals surface area contributed by atoms with Gasteiger partial charge in [-0.05, 0) is 12.1 Å². The van der Waals surface area contributed by atoms with Crippen molar-refractivity contribution in [2.24, 2.45) is 0 Å². The van der Waals surface area contributed by atoms with Gasteiger partial charge in [0.2, 0.25) is 0 Å².